The first-order chi connectivity index (χ1) is 12.1. The van der Waals surface area contributed by atoms with Crippen LogP contribution in [0.5, 0.6) is 5.75 Å². The lowest BCUT2D eigenvalue weighted by Gasteiger charge is -2.26. The second-order valence-electron chi connectivity index (χ2n) is 6.21. The number of para-hydroxylation sites is 3. The minimum atomic E-state index is -0.191. The van der Waals surface area contributed by atoms with E-state index >= 15 is 0 Å². The van der Waals surface area contributed by atoms with E-state index in [9.17, 15) is 9.59 Å². The summed E-state index contributed by atoms with van der Waals surface area (Å²) in [6.45, 7) is 0.565. The molecule has 6 nitrogen and oxygen atoms in total. The van der Waals surface area contributed by atoms with E-state index in [2.05, 4.69) is 5.32 Å². The highest BCUT2D eigenvalue weighted by atomic mass is 16.5. The number of imidazole rings is 1. The second-order valence-corrected chi connectivity index (χ2v) is 6.21. The van der Waals surface area contributed by atoms with Gasteiger partial charge in [-0.1, -0.05) is 30.3 Å². The Kier molecular flexibility index (Phi) is 3.80. The van der Waals surface area contributed by atoms with E-state index < -0.39 is 0 Å². The molecule has 1 unspecified atom stereocenters. The minimum Gasteiger partial charge on any atom is -0.493 e. The number of benzene rings is 2. The van der Waals surface area contributed by atoms with Gasteiger partial charge in [-0.25, -0.2) is 4.79 Å². The van der Waals surface area contributed by atoms with Gasteiger partial charge in [0.05, 0.1) is 23.7 Å². The number of nitrogens with zero attached hydrogens (tertiary/aromatic N) is 2. The van der Waals surface area contributed by atoms with Gasteiger partial charge < -0.3 is 10.1 Å². The van der Waals surface area contributed by atoms with Crippen molar-refractivity contribution in [1.29, 1.82) is 0 Å². The Labute approximate surface area is 144 Å². The van der Waals surface area contributed by atoms with Gasteiger partial charge in [-0.3, -0.25) is 13.9 Å². The number of hydrogen-bond acceptors (Lipinski definition) is 3. The van der Waals surface area contributed by atoms with Crippen molar-refractivity contribution in [3.05, 3.63) is 64.6 Å². The third-order valence-corrected chi connectivity index (χ3v) is 4.65. The molecule has 1 N–H and O–H groups in total. The number of ether oxygens (including phenoxy) is 1. The Hall–Kier alpha value is -3.02. The van der Waals surface area contributed by atoms with Crippen molar-refractivity contribution in [3.8, 4) is 5.75 Å². The molecule has 0 fully saturated rings. The van der Waals surface area contributed by atoms with Crippen LogP contribution >= 0.6 is 0 Å². The monoisotopic (exact) mass is 337 g/mol. The lowest BCUT2D eigenvalue weighted by atomic mass is 10.0. The molecule has 2 aromatic carbocycles. The molecule has 25 heavy (non-hydrogen) atoms. The van der Waals surface area contributed by atoms with Gasteiger partial charge in [-0.2, -0.15) is 0 Å². The first-order valence-corrected chi connectivity index (χ1v) is 8.30. The van der Waals surface area contributed by atoms with E-state index in [0.717, 1.165) is 22.3 Å². The molecular formula is C19H19N3O3. The molecule has 4 rings (SSSR count). The average Bonchev–Trinajstić information content (AvgIpc) is 2.87. The van der Waals surface area contributed by atoms with Crippen molar-refractivity contribution in [2.24, 2.45) is 7.05 Å². The van der Waals surface area contributed by atoms with Gasteiger partial charge in [-0.05, 0) is 18.2 Å². The molecule has 1 aliphatic heterocycles. The third-order valence-electron chi connectivity index (χ3n) is 4.65. The van der Waals surface area contributed by atoms with Gasteiger partial charge in [0, 0.05) is 19.0 Å². The van der Waals surface area contributed by atoms with Crippen LogP contribution in [0.4, 0.5) is 0 Å². The highest BCUT2D eigenvalue weighted by molar-refractivity contribution is 5.81. The number of fused-ring (bicyclic) bond motifs is 2. The summed E-state index contributed by atoms with van der Waals surface area (Å²) in [6, 6.07) is 15.1. The predicted molar refractivity (Wildman–Crippen MR) is 94.6 cm³/mol. The third kappa shape index (κ3) is 2.69. The van der Waals surface area contributed by atoms with Crippen molar-refractivity contribution in [2.75, 3.05) is 6.61 Å². The van der Waals surface area contributed by atoms with Crippen molar-refractivity contribution >= 4 is 16.9 Å². The Balaban J connectivity index is 1.58. The van der Waals surface area contributed by atoms with Crippen LogP contribution in [-0.4, -0.2) is 21.6 Å². The quantitative estimate of drug-likeness (QED) is 0.795. The molecule has 6 heteroatoms. The van der Waals surface area contributed by atoms with Gasteiger partial charge in [0.1, 0.15) is 12.3 Å². The average molecular weight is 337 g/mol. The minimum absolute atomic E-state index is 0.000287. The van der Waals surface area contributed by atoms with E-state index in [1.165, 1.54) is 4.57 Å². The number of amides is 1. The lowest BCUT2D eigenvalue weighted by Crippen LogP contribution is -2.36. The SMILES string of the molecule is Cn1c(=O)n(CC(=O)NC2CCOc3ccccc32)c2ccccc21. The maximum Gasteiger partial charge on any atom is 0.329 e. The fourth-order valence-electron chi connectivity index (χ4n) is 3.39. The largest absolute Gasteiger partial charge is 0.493 e. The standard InChI is InChI=1S/C19H19N3O3/c1-21-15-7-3-4-8-16(15)22(19(21)24)12-18(23)20-14-10-11-25-17-9-5-2-6-13(14)17/h2-9,14H,10-12H2,1H3,(H,20,23). The van der Waals surface area contributed by atoms with Gasteiger partial charge in [-0.15, -0.1) is 0 Å². The number of nitrogens with one attached hydrogen (secondary N) is 1. The second kappa shape index (κ2) is 6.12. The molecule has 3 aromatic rings. The molecule has 0 saturated carbocycles. The van der Waals surface area contributed by atoms with Crippen molar-refractivity contribution < 1.29 is 9.53 Å². The summed E-state index contributed by atoms with van der Waals surface area (Å²) < 4.78 is 8.70. The zero-order valence-electron chi connectivity index (χ0n) is 13.9. The topological polar surface area (TPSA) is 65.3 Å². The molecule has 1 atom stereocenters. The van der Waals surface area contributed by atoms with Crippen molar-refractivity contribution in [2.45, 2.75) is 19.0 Å². The Morgan fingerprint density at radius 3 is 2.72 bits per heavy atom. The first-order valence-electron chi connectivity index (χ1n) is 8.30. The van der Waals surface area contributed by atoms with Crippen LogP contribution < -0.4 is 15.7 Å². The summed E-state index contributed by atoms with van der Waals surface area (Å²) in [6.07, 6.45) is 0.715. The van der Waals surface area contributed by atoms with Crippen LogP contribution in [0.15, 0.2) is 53.3 Å². The predicted octanol–water partition coefficient (Wildman–Crippen LogP) is 1.98. The lowest BCUT2D eigenvalue weighted by molar-refractivity contribution is -0.122. The van der Waals surface area contributed by atoms with E-state index in [4.69, 9.17) is 4.74 Å². The molecule has 0 bridgehead atoms. The first kappa shape index (κ1) is 15.5. The number of hydrogen-bond donors (Lipinski definition) is 1. The van der Waals surface area contributed by atoms with Gasteiger partial charge in [0.2, 0.25) is 5.91 Å². The number of carbonyl (C=O) groups is 1. The number of aryl methyl sites for hydroxylation is 1. The molecule has 1 aromatic heterocycles. The molecule has 0 radical (unpaired) electrons. The highest BCUT2D eigenvalue weighted by Gasteiger charge is 2.23. The molecule has 0 saturated heterocycles. The maximum atomic E-state index is 12.6. The highest BCUT2D eigenvalue weighted by Crippen LogP contribution is 2.31. The van der Waals surface area contributed by atoms with Gasteiger partial charge in [0.15, 0.2) is 0 Å². The Morgan fingerprint density at radius 1 is 1.16 bits per heavy atom. The van der Waals surface area contributed by atoms with Crippen molar-refractivity contribution in [3.63, 3.8) is 0 Å². The molecule has 1 aliphatic rings. The number of carbonyl (C=O) groups excluding carboxylic acids is 1. The van der Waals surface area contributed by atoms with Crippen LogP contribution in [0.2, 0.25) is 0 Å². The number of rotatable bonds is 3. The normalized spacial score (nSPS) is 16.3. The smallest absolute Gasteiger partial charge is 0.329 e. The molecule has 0 aliphatic carbocycles. The van der Waals surface area contributed by atoms with Crippen LogP contribution in [0.3, 0.4) is 0 Å². The summed E-state index contributed by atoms with van der Waals surface area (Å²) >= 11 is 0. The van der Waals surface area contributed by atoms with E-state index in [1.54, 1.807) is 11.6 Å². The van der Waals surface area contributed by atoms with Crippen molar-refractivity contribution in [1.82, 2.24) is 14.5 Å². The zero-order valence-corrected chi connectivity index (χ0v) is 13.9. The van der Waals surface area contributed by atoms with Crippen LogP contribution in [-0.2, 0) is 18.4 Å². The van der Waals surface area contributed by atoms with E-state index in [-0.39, 0.29) is 24.2 Å². The molecular weight excluding hydrogens is 318 g/mol. The molecule has 2 heterocycles. The summed E-state index contributed by atoms with van der Waals surface area (Å²) in [7, 11) is 1.72. The fourth-order valence-corrected chi connectivity index (χ4v) is 3.39. The van der Waals surface area contributed by atoms with Crippen LogP contribution in [0.25, 0.3) is 11.0 Å². The summed E-state index contributed by atoms with van der Waals surface area (Å²) in [5.74, 6) is 0.626. The maximum absolute atomic E-state index is 12.6. The molecule has 0 spiro atoms. The molecule has 1 amide bonds. The Morgan fingerprint density at radius 2 is 1.88 bits per heavy atom. The van der Waals surface area contributed by atoms with Gasteiger partial charge >= 0.3 is 5.69 Å². The summed E-state index contributed by atoms with van der Waals surface area (Å²) in [5.41, 5.74) is 2.37. The van der Waals surface area contributed by atoms with Crippen LogP contribution in [0, 0.1) is 0 Å². The molecule has 128 valence electrons. The summed E-state index contributed by atoms with van der Waals surface area (Å²) in [5, 5.41) is 3.04. The van der Waals surface area contributed by atoms with Crippen LogP contribution in [0.1, 0.15) is 18.0 Å². The Bertz CT molecular complexity index is 1000. The fraction of sp³-hybridized carbons (Fsp3) is 0.263. The zero-order chi connectivity index (χ0) is 17.4. The van der Waals surface area contributed by atoms with Gasteiger partial charge in [0.25, 0.3) is 0 Å². The van der Waals surface area contributed by atoms with E-state index in [1.807, 2.05) is 48.5 Å². The number of aromatic nitrogens is 2. The summed E-state index contributed by atoms with van der Waals surface area (Å²) in [4.78, 5) is 25.0. The van der Waals surface area contributed by atoms with E-state index in [0.29, 0.717) is 13.0 Å².